The van der Waals surface area contributed by atoms with Gasteiger partial charge in [0.1, 0.15) is 0 Å². The zero-order valence-electron chi connectivity index (χ0n) is 11.4. The second kappa shape index (κ2) is 6.07. The van der Waals surface area contributed by atoms with Crippen molar-refractivity contribution in [1.29, 1.82) is 0 Å². The summed E-state index contributed by atoms with van der Waals surface area (Å²) in [5, 5.41) is 9.33. The fraction of sp³-hybridized carbons (Fsp3) is 1.00. The summed E-state index contributed by atoms with van der Waals surface area (Å²) in [6, 6.07) is 0. The number of aliphatic hydroxyl groups is 1. The highest BCUT2D eigenvalue weighted by Crippen LogP contribution is 2.33. The number of rotatable bonds is 6. The molecule has 0 aliphatic heterocycles. The van der Waals surface area contributed by atoms with Gasteiger partial charge >= 0.3 is 0 Å². The third-order valence-electron chi connectivity index (χ3n) is 3.60. The van der Waals surface area contributed by atoms with Gasteiger partial charge in [-0.3, -0.25) is 0 Å². The van der Waals surface area contributed by atoms with Gasteiger partial charge in [-0.1, -0.05) is 13.3 Å². The van der Waals surface area contributed by atoms with E-state index in [2.05, 4.69) is 11.6 Å². The molecule has 1 aliphatic rings. The second-order valence-electron chi connectivity index (χ2n) is 5.56. The number of sulfone groups is 1. The lowest BCUT2D eigenvalue weighted by atomic mass is 9.78. The standard InChI is InChI=1S/C11H23NO5S2/c1-3-10-4-6-11(13,7-5-10)8-12-19(16,17)9-18(2,14)15/h10,12-13H,3-9H2,1-2H3. The van der Waals surface area contributed by atoms with Gasteiger partial charge in [-0.2, -0.15) is 0 Å². The molecule has 114 valence electrons. The Hall–Kier alpha value is -0.180. The summed E-state index contributed by atoms with van der Waals surface area (Å²) in [4.78, 5) is 0. The molecule has 1 rings (SSSR count). The first-order valence-electron chi connectivity index (χ1n) is 6.43. The van der Waals surface area contributed by atoms with Gasteiger partial charge < -0.3 is 5.11 Å². The molecule has 0 aromatic rings. The lowest BCUT2D eigenvalue weighted by Crippen LogP contribution is -2.46. The lowest BCUT2D eigenvalue weighted by molar-refractivity contribution is -0.00440. The molecule has 0 aromatic carbocycles. The molecule has 0 radical (unpaired) electrons. The zero-order valence-corrected chi connectivity index (χ0v) is 13.1. The van der Waals surface area contributed by atoms with Gasteiger partial charge in [0.2, 0.25) is 10.0 Å². The predicted octanol–water partition coefficient (Wildman–Crippen LogP) is 0.239. The highest BCUT2D eigenvalue weighted by molar-refractivity contribution is 8.06. The van der Waals surface area contributed by atoms with Crippen molar-refractivity contribution in [3.63, 3.8) is 0 Å². The first-order chi connectivity index (χ1) is 8.55. The van der Waals surface area contributed by atoms with Gasteiger partial charge in [0.25, 0.3) is 0 Å². The van der Waals surface area contributed by atoms with Gasteiger partial charge in [0.05, 0.1) is 5.60 Å². The van der Waals surface area contributed by atoms with Crippen molar-refractivity contribution in [2.24, 2.45) is 5.92 Å². The second-order valence-corrected chi connectivity index (χ2v) is 9.87. The summed E-state index contributed by atoms with van der Waals surface area (Å²) >= 11 is 0. The maximum absolute atomic E-state index is 11.6. The maximum Gasteiger partial charge on any atom is 0.226 e. The van der Waals surface area contributed by atoms with Crippen molar-refractivity contribution in [2.45, 2.75) is 44.6 Å². The minimum Gasteiger partial charge on any atom is -0.389 e. The van der Waals surface area contributed by atoms with Crippen LogP contribution in [-0.4, -0.2) is 45.4 Å². The third-order valence-corrected chi connectivity index (χ3v) is 7.14. The fourth-order valence-electron chi connectivity index (χ4n) is 2.37. The Morgan fingerprint density at radius 3 is 2.16 bits per heavy atom. The van der Waals surface area contributed by atoms with Crippen LogP contribution in [0.3, 0.4) is 0 Å². The smallest absolute Gasteiger partial charge is 0.226 e. The van der Waals surface area contributed by atoms with E-state index in [1.165, 1.54) is 0 Å². The van der Waals surface area contributed by atoms with Crippen LogP contribution in [0.1, 0.15) is 39.0 Å². The van der Waals surface area contributed by atoms with Crippen LogP contribution in [0.5, 0.6) is 0 Å². The Balaban J connectivity index is 2.53. The number of nitrogens with one attached hydrogen (secondary N) is 1. The molecule has 1 aliphatic carbocycles. The van der Waals surface area contributed by atoms with E-state index in [1.54, 1.807) is 0 Å². The Bertz CT molecular complexity index is 489. The Morgan fingerprint density at radius 1 is 1.21 bits per heavy atom. The van der Waals surface area contributed by atoms with Crippen molar-refractivity contribution in [3.05, 3.63) is 0 Å². The molecular formula is C11H23NO5S2. The SMILES string of the molecule is CCC1CCC(O)(CNS(=O)(=O)CS(C)(=O)=O)CC1. The van der Waals surface area contributed by atoms with E-state index < -0.39 is 30.5 Å². The zero-order chi connectivity index (χ0) is 14.7. The van der Waals surface area contributed by atoms with Crippen molar-refractivity contribution in [3.8, 4) is 0 Å². The van der Waals surface area contributed by atoms with Crippen LogP contribution in [0.2, 0.25) is 0 Å². The Kier molecular flexibility index (Phi) is 5.39. The maximum atomic E-state index is 11.6. The predicted molar refractivity (Wildman–Crippen MR) is 73.8 cm³/mol. The van der Waals surface area contributed by atoms with E-state index in [1.807, 2.05) is 0 Å². The van der Waals surface area contributed by atoms with Crippen LogP contribution in [0.25, 0.3) is 0 Å². The third kappa shape index (κ3) is 6.20. The molecule has 1 saturated carbocycles. The quantitative estimate of drug-likeness (QED) is 0.731. The molecule has 0 aromatic heterocycles. The molecule has 0 saturated heterocycles. The van der Waals surface area contributed by atoms with E-state index in [0.29, 0.717) is 18.8 Å². The number of hydrogen-bond acceptors (Lipinski definition) is 5. The van der Waals surface area contributed by atoms with Gasteiger partial charge in [-0.25, -0.2) is 21.6 Å². The van der Waals surface area contributed by atoms with Crippen molar-refractivity contribution >= 4 is 19.9 Å². The Labute approximate surface area is 115 Å². The van der Waals surface area contributed by atoms with Crippen LogP contribution in [-0.2, 0) is 19.9 Å². The Morgan fingerprint density at radius 2 is 1.74 bits per heavy atom. The highest BCUT2D eigenvalue weighted by Gasteiger charge is 2.34. The van der Waals surface area contributed by atoms with Gasteiger partial charge in [-0.15, -0.1) is 0 Å². The molecule has 0 spiro atoms. The lowest BCUT2D eigenvalue weighted by Gasteiger charge is -2.35. The normalized spacial score (nSPS) is 29.3. The summed E-state index contributed by atoms with van der Waals surface area (Å²) in [5.41, 5.74) is -1.05. The minimum atomic E-state index is -3.89. The molecule has 2 N–H and O–H groups in total. The van der Waals surface area contributed by atoms with E-state index in [9.17, 15) is 21.9 Å². The average molecular weight is 313 g/mol. The van der Waals surface area contributed by atoms with Gasteiger partial charge in [-0.05, 0) is 31.6 Å². The summed E-state index contributed by atoms with van der Waals surface area (Å²) in [5.74, 6) is 0.591. The van der Waals surface area contributed by atoms with Crippen LogP contribution in [0.15, 0.2) is 0 Å². The van der Waals surface area contributed by atoms with E-state index in [4.69, 9.17) is 0 Å². The molecule has 1 fully saturated rings. The van der Waals surface area contributed by atoms with Gasteiger partial charge in [0, 0.05) is 12.8 Å². The van der Waals surface area contributed by atoms with Crippen molar-refractivity contribution in [2.75, 3.05) is 17.9 Å². The molecule has 0 bridgehead atoms. The summed E-state index contributed by atoms with van der Waals surface area (Å²) < 4.78 is 47.3. The largest absolute Gasteiger partial charge is 0.389 e. The monoisotopic (exact) mass is 313 g/mol. The molecule has 0 amide bonds. The fourth-order valence-corrected chi connectivity index (χ4v) is 5.44. The van der Waals surface area contributed by atoms with E-state index in [-0.39, 0.29) is 6.54 Å². The first kappa shape index (κ1) is 16.9. The van der Waals surface area contributed by atoms with Crippen LogP contribution >= 0.6 is 0 Å². The van der Waals surface area contributed by atoms with E-state index in [0.717, 1.165) is 25.5 Å². The molecule has 0 heterocycles. The average Bonchev–Trinajstić information content (AvgIpc) is 2.25. The van der Waals surface area contributed by atoms with Crippen LogP contribution in [0, 0.1) is 5.92 Å². The van der Waals surface area contributed by atoms with Crippen LogP contribution in [0.4, 0.5) is 0 Å². The number of hydrogen-bond donors (Lipinski definition) is 2. The molecule has 0 unspecified atom stereocenters. The summed E-state index contributed by atoms with van der Waals surface area (Å²) in [7, 11) is -7.49. The minimum absolute atomic E-state index is 0.110. The molecule has 0 atom stereocenters. The molecule has 8 heteroatoms. The van der Waals surface area contributed by atoms with Crippen molar-refractivity contribution < 1.29 is 21.9 Å². The highest BCUT2D eigenvalue weighted by atomic mass is 32.3. The first-order valence-corrected chi connectivity index (χ1v) is 10.1. The molecule has 19 heavy (non-hydrogen) atoms. The topological polar surface area (TPSA) is 101 Å². The summed E-state index contributed by atoms with van der Waals surface area (Å²) in [6.07, 6.45) is 4.78. The molecule has 6 nitrogen and oxygen atoms in total. The van der Waals surface area contributed by atoms with Gasteiger partial charge in [0.15, 0.2) is 14.9 Å². The van der Waals surface area contributed by atoms with Crippen LogP contribution < -0.4 is 4.72 Å². The van der Waals surface area contributed by atoms with E-state index >= 15 is 0 Å². The van der Waals surface area contributed by atoms with Crippen molar-refractivity contribution in [1.82, 2.24) is 4.72 Å². The summed E-state index contributed by atoms with van der Waals surface area (Å²) in [6.45, 7) is 1.99. The number of sulfonamides is 1. The molecular weight excluding hydrogens is 290 g/mol.